The number of carbonyl (C=O) groups is 3. The maximum atomic E-state index is 13.7. The Balaban J connectivity index is 1.04. The summed E-state index contributed by atoms with van der Waals surface area (Å²) in [5.74, 6) is 8.44. The fourth-order valence-corrected chi connectivity index (χ4v) is 7.55. The van der Waals surface area contributed by atoms with Gasteiger partial charge in [-0.1, -0.05) is 44.9 Å². The van der Waals surface area contributed by atoms with Gasteiger partial charge in [0.15, 0.2) is 0 Å². The molecule has 4 heterocycles. The van der Waals surface area contributed by atoms with Gasteiger partial charge in [-0.2, -0.15) is 0 Å². The third kappa shape index (κ3) is 7.22. The van der Waals surface area contributed by atoms with Gasteiger partial charge in [0.25, 0.3) is 0 Å². The Hall–Kier alpha value is -5.31. The number of aromatic amines is 2. The molecule has 2 saturated heterocycles. The lowest BCUT2D eigenvalue weighted by molar-refractivity contribution is -0.135. The molecule has 3 amide bonds. The molecule has 1 unspecified atom stereocenters. The summed E-state index contributed by atoms with van der Waals surface area (Å²) in [6, 6.07) is 11.5. The van der Waals surface area contributed by atoms with Crippen molar-refractivity contribution >= 4 is 28.9 Å². The van der Waals surface area contributed by atoms with Crippen molar-refractivity contribution in [1.29, 1.82) is 0 Å². The van der Waals surface area contributed by atoms with Gasteiger partial charge in [-0.05, 0) is 92.7 Å². The molecule has 0 bridgehead atoms. The van der Waals surface area contributed by atoms with Crippen LogP contribution in [0.4, 0.5) is 9.59 Å². The molecule has 3 aliphatic rings. The first-order valence-corrected chi connectivity index (χ1v) is 18.1. The number of fused-ring (bicyclic) bond motifs is 2. The molecular weight excluding hydrogens is 658 g/mol. The zero-order valence-electron chi connectivity index (χ0n) is 30.8. The lowest BCUT2D eigenvalue weighted by Gasteiger charge is -2.30. The molecule has 2 aromatic heterocycles. The van der Waals surface area contributed by atoms with Gasteiger partial charge < -0.3 is 29.7 Å². The van der Waals surface area contributed by atoms with Crippen LogP contribution in [-0.2, 0) is 14.3 Å². The molecule has 1 saturated carbocycles. The van der Waals surface area contributed by atoms with Gasteiger partial charge in [-0.3, -0.25) is 9.69 Å². The first kappa shape index (κ1) is 35.1. The van der Waals surface area contributed by atoms with Crippen LogP contribution in [-0.4, -0.2) is 79.2 Å². The second-order valence-corrected chi connectivity index (χ2v) is 15.8. The van der Waals surface area contributed by atoms with Crippen molar-refractivity contribution in [3.8, 4) is 23.1 Å². The fraction of sp³-hybridized carbons (Fsp3) is 0.475. The molecule has 12 heteroatoms. The van der Waals surface area contributed by atoms with Crippen molar-refractivity contribution in [3.63, 3.8) is 0 Å². The minimum atomic E-state index is -0.694. The molecule has 6 atom stereocenters. The van der Waals surface area contributed by atoms with Crippen LogP contribution in [0.3, 0.4) is 0 Å². The number of nitrogens with one attached hydrogen (secondary N) is 3. The number of likely N-dealkylation sites (tertiary alicyclic amines) is 2. The van der Waals surface area contributed by atoms with Gasteiger partial charge in [0.1, 0.15) is 29.0 Å². The highest BCUT2D eigenvalue weighted by Gasteiger charge is 2.56. The summed E-state index contributed by atoms with van der Waals surface area (Å²) >= 11 is 0. The Morgan fingerprint density at radius 3 is 2.42 bits per heavy atom. The van der Waals surface area contributed by atoms with Crippen molar-refractivity contribution in [2.45, 2.75) is 90.6 Å². The van der Waals surface area contributed by atoms with E-state index in [9.17, 15) is 14.4 Å². The Bertz CT molecular complexity index is 2070. The lowest BCUT2D eigenvalue weighted by atomic mass is 10.0. The van der Waals surface area contributed by atoms with Crippen LogP contribution in [0.5, 0.6) is 0 Å². The number of imidazole rings is 2. The minimum absolute atomic E-state index is 0.108. The van der Waals surface area contributed by atoms with Crippen molar-refractivity contribution in [1.82, 2.24) is 35.1 Å². The number of hydrogen-bond acceptors (Lipinski definition) is 7. The van der Waals surface area contributed by atoms with E-state index in [1.807, 2.05) is 62.7 Å². The highest BCUT2D eigenvalue weighted by molar-refractivity contribution is 5.88. The predicted molar refractivity (Wildman–Crippen MR) is 196 cm³/mol. The standard InChI is InChI=1S/C40H47N7O5/c1-22(2)34(45-38(49)51-7)37(48)46-21-23(3)14-32(46)35-42-20-30(44-35)27-12-11-25-15-24(8-10-26(25)16-27)9-13-29-19-41-36(43-29)33-18-28-17-31(28)47(33)39(50)52-40(4,5)6/h8,10-12,15-16,19-20,22-23,28,31-34H,14,17-18,21H2,1-7H3,(H,41,43)(H,42,44)(H,45,49)/t23-,28-,31?,32+,33+,34+/m1/s1. The van der Waals surface area contributed by atoms with Crippen LogP contribution in [0.25, 0.3) is 22.0 Å². The van der Waals surface area contributed by atoms with E-state index in [4.69, 9.17) is 19.4 Å². The number of methoxy groups -OCH3 is 1. The van der Waals surface area contributed by atoms with Crippen LogP contribution in [0.2, 0.25) is 0 Å². The Labute approximate surface area is 304 Å². The number of piperidine rings is 1. The molecule has 2 aliphatic heterocycles. The minimum Gasteiger partial charge on any atom is -0.453 e. The number of hydrogen-bond donors (Lipinski definition) is 3. The molecule has 3 N–H and O–H groups in total. The summed E-state index contributed by atoms with van der Waals surface area (Å²) < 4.78 is 10.5. The summed E-state index contributed by atoms with van der Waals surface area (Å²) in [5.41, 5.74) is 2.69. The molecule has 52 heavy (non-hydrogen) atoms. The molecule has 4 aromatic rings. The number of amides is 3. The topological polar surface area (TPSA) is 146 Å². The second-order valence-electron chi connectivity index (χ2n) is 15.8. The van der Waals surface area contributed by atoms with Gasteiger partial charge in [-0.25, -0.2) is 19.6 Å². The van der Waals surface area contributed by atoms with E-state index >= 15 is 0 Å². The zero-order chi connectivity index (χ0) is 36.9. The monoisotopic (exact) mass is 705 g/mol. The highest BCUT2D eigenvalue weighted by atomic mass is 16.6. The number of rotatable bonds is 6. The van der Waals surface area contributed by atoms with E-state index in [2.05, 4.69) is 58.3 Å². The van der Waals surface area contributed by atoms with E-state index in [0.29, 0.717) is 18.2 Å². The van der Waals surface area contributed by atoms with Crippen LogP contribution in [0, 0.1) is 29.6 Å². The van der Waals surface area contributed by atoms with Gasteiger partial charge >= 0.3 is 12.2 Å². The molecule has 7 rings (SSSR count). The Kier molecular flexibility index (Phi) is 9.23. The van der Waals surface area contributed by atoms with Crippen LogP contribution < -0.4 is 5.32 Å². The first-order chi connectivity index (χ1) is 24.8. The average Bonchev–Trinajstić information content (AvgIpc) is 3.58. The summed E-state index contributed by atoms with van der Waals surface area (Å²) in [7, 11) is 1.29. The van der Waals surface area contributed by atoms with Crippen LogP contribution in [0.15, 0.2) is 48.8 Å². The van der Waals surface area contributed by atoms with E-state index in [0.717, 1.165) is 58.5 Å². The van der Waals surface area contributed by atoms with Crippen molar-refractivity contribution in [3.05, 3.63) is 71.7 Å². The fourth-order valence-electron chi connectivity index (χ4n) is 7.55. The van der Waals surface area contributed by atoms with Crippen molar-refractivity contribution < 1.29 is 23.9 Å². The quantitative estimate of drug-likeness (QED) is 0.189. The Morgan fingerprint density at radius 1 is 0.942 bits per heavy atom. The number of benzene rings is 2. The number of aromatic nitrogens is 4. The van der Waals surface area contributed by atoms with Gasteiger partial charge in [-0.15, -0.1) is 0 Å². The highest BCUT2D eigenvalue weighted by Crippen LogP contribution is 2.53. The number of carbonyl (C=O) groups excluding carboxylic acids is 3. The first-order valence-electron chi connectivity index (χ1n) is 18.1. The largest absolute Gasteiger partial charge is 0.453 e. The molecule has 272 valence electrons. The number of alkyl carbamates (subject to hydrolysis) is 1. The second kappa shape index (κ2) is 13.7. The molecule has 12 nitrogen and oxygen atoms in total. The summed E-state index contributed by atoms with van der Waals surface area (Å²) in [6.07, 6.45) is 5.45. The number of H-pyrrole nitrogens is 2. The number of nitrogens with zero attached hydrogens (tertiary/aromatic N) is 4. The summed E-state index contributed by atoms with van der Waals surface area (Å²) in [5, 5.41) is 4.81. The average molecular weight is 706 g/mol. The smallest absolute Gasteiger partial charge is 0.411 e. The van der Waals surface area contributed by atoms with E-state index in [1.165, 1.54) is 7.11 Å². The summed E-state index contributed by atoms with van der Waals surface area (Å²) in [4.78, 5) is 58.6. The molecule has 1 aliphatic carbocycles. The SMILES string of the molecule is COC(=O)N[C@H](C(=O)N1C[C@H](C)C[C@H]1c1nc(-c2ccc3cc(C#Cc4c[nH]c([C@@H]5C[C@H]6CC6N5C(=O)OC(C)(C)C)n4)ccc3c2)c[nH]1)C(C)C. The van der Waals surface area contributed by atoms with Crippen LogP contribution >= 0.6 is 0 Å². The molecule has 3 fully saturated rings. The van der Waals surface area contributed by atoms with E-state index < -0.39 is 17.7 Å². The third-order valence-electron chi connectivity index (χ3n) is 10.2. The van der Waals surface area contributed by atoms with Crippen molar-refractivity contribution in [2.75, 3.05) is 13.7 Å². The number of ether oxygens (including phenoxy) is 2. The predicted octanol–water partition coefficient (Wildman–Crippen LogP) is 6.71. The van der Waals surface area contributed by atoms with Gasteiger partial charge in [0, 0.05) is 36.1 Å². The maximum absolute atomic E-state index is 13.7. The molecule has 2 aromatic carbocycles. The van der Waals surface area contributed by atoms with Crippen LogP contribution in [0.1, 0.15) is 95.8 Å². The zero-order valence-corrected chi connectivity index (χ0v) is 30.8. The van der Waals surface area contributed by atoms with Crippen molar-refractivity contribution in [2.24, 2.45) is 17.8 Å². The van der Waals surface area contributed by atoms with Gasteiger partial charge in [0.05, 0.1) is 24.9 Å². The lowest BCUT2D eigenvalue weighted by Crippen LogP contribution is -2.51. The van der Waals surface area contributed by atoms with E-state index in [-0.39, 0.29) is 42.0 Å². The van der Waals surface area contributed by atoms with Gasteiger partial charge in [0.2, 0.25) is 5.91 Å². The molecule has 0 radical (unpaired) electrons. The molecule has 0 spiro atoms. The third-order valence-corrected chi connectivity index (χ3v) is 10.2. The normalized spacial score (nSPS) is 22.9. The maximum Gasteiger partial charge on any atom is 0.411 e. The summed E-state index contributed by atoms with van der Waals surface area (Å²) in [6.45, 7) is 12.2. The Morgan fingerprint density at radius 2 is 1.67 bits per heavy atom. The molecular formula is C40H47N7O5. The van der Waals surface area contributed by atoms with E-state index in [1.54, 1.807) is 6.20 Å².